The van der Waals surface area contributed by atoms with E-state index < -0.39 is 17.6 Å². The van der Waals surface area contributed by atoms with Crippen LogP contribution in [0.15, 0.2) is 29.6 Å². The number of ether oxygens (including phenoxy) is 1. The molecule has 0 unspecified atom stereocenters. The van der Waals surface area contributed by atoms with E-state index in [1.54, 1.807) is 5.38 Å². The SMILES string of the molecule is NC(=O)c1nc(CO)c(-c2csc(NC(=O)[C@H]3C[C@@H](OCc4ccc(C(F)(F)F)cc4)C3)n2)s1. The number of aliphatic hydroxyl groups is 1. The highest BCUT2D eigenvalue weighted by molar-refractivity contribution is 7.18. The fourth-order valence-electron chi connectivity index (χ4n) is 3.33. The topological polar surface area (TPSA) is 127 Å². The van der Waals surface area contributed by atoms with Crippen LogP contribution in [0, 0.1) is 5.92 Å². The highest BCUT2D eigenvalue weighted by Gasteiger charge is 2.36. The number of halogens is 3. The van der Waals surface area contributed by atoms with Crippen LogP contribution >= 0.6 is 22.7 Å². The number of nitrogens with zero attached hydrogens (tertiary/aromatic N) is 2. The number of nitrogens with two attached hydrogens (primary N) is 1. The van der Waals surface area contributed by atoms with Gasteiger partial charge in [-0.25, -0.2) is 9.97 Å². The second-order valence-corrected chi connectivity index (χ2v) is 9.50. The van der Waals surface area contributed by atoms with Crippen molar-refractivity contribution in [3.63, 3.8) is 0 Å². The maximum Gasteiger partial charge on any atom is 0.416 e. The third-order valence-electron chi connectivity index (χ3n) is 5.26. The monoisotopic (exact) mass is 512 g/mol. The Morgan fingerprint density at radius 1 is 1.21 bits per heavy atom. The number of thiazole rings is 2. The van der Waals surface area contributed by atoms with E-state index in [1.807, 2.05) is 0 Å². The molecule has 13 heteroatoms. The number of hydrogen-bond acceptors (Lipinski definition) is 8. The second kappa shape index (κ2) is 9.78. The summed E-state index contributed by atoms with van der Waals surface area (Å²) in [7, 11) is 0. The van der Waals surface area contributed by atoms with Crippen molar-refractivity contribution in [3.05, 3.63) is 51.5 Å². The van der Waals surface area contributed by atoms with Crippen molar-refractivity contribution in [2.75, 3.05) is 5.32 Å². The number of alkyl halides is 3. The van der Waals surface area contributed by atoms with E-state index in [-0.39, 0.29) is 41.8 Å². The maximum absolute atomic E-state index is 12.6. The molecule has 8 nitrogen and oxygen atoms in total. The summed E-state index contributed by atoms with van der Waals surface area (Å²) in [5.41, 5.74) is 5.92. The fourth-order valence-corrected chi connectivity index (χ4v) is 4.99. The molecule has 0 saturated heterocycles. The molecule has 2 heterocycles. The average molecular weight is 513 g/mol. The van der Waals surface area contributed by atoms with Gasteiger partial charge in [0, 0.05) is 11.3 Å². The van der Waals surface area contributed by atoms with Crippen LogP contribution in [0.4, 0.5) is 18.3 Å². The molecule has 1 aliphatic carbocycles. The Morgan fingerprint density at radius 2 is 1.91 bits per heavy atom. The highest BCUT2D eigenvalue weighted by atomic mass is 32.1. The first-order chi connectivity index (χ1) is 16.1. The maximum atomic E-state index is 12.6. The van der Waals surface area contributed by atoms with E-state index >= 15 is 0 Å². The summed E-state index contributed by atoms with van der Waals surface area (Å²) in [4.78, 5) is 32.7. The Kier molecular flexibility index (Phi) is 6.98. The van der Waals surface area contributed by atoms with Crippen molar-refractivity contribution in [3.8, 4) is 10.6 Å². The van der Waals surface area contributed by atoms with Crippen molar-refractivity contribution in [2.24, 2.45) is 11.7 Å². The molecule has 3 aromatic rings. The number of primary amides is 1. The van der Waals surface area contributed by atoms with Crippen molar-refractivity contribution in [1.29, 1.82) is 0 Å². The lowest BCUT2D eigenvalue weighted by Gasteiger charge is -2.33. The molecular formula is C21H19F3N4O4S2. The third-order valence-corrected chi connectivity index (χ3v) is 7.15. The number of rotatable bonds is 8. The first kappa shape index (κ1) is 24.3. The number of carbonyl (C=O) groups excluding carboxylic acids is 2. The number of aliphatic hydroxyl groups excluding tert-OH is 1. The largest absolute Gasteiger partial charge is 0.416 e. The van der Waals surface area contributed by atoms with Crippen molar-refractivity contribution >= 4 is 39.6 Å². The predicted molar refractivity (Wildman–Crippen MR) is 119 cm³/mol. The van der Waals surface area contributed by atoms with Crippen LogP contribution in [0.1, 0.15) is 39.5 Å². The number of amides is 2. The van der Waals surface area contributed by atoms with Crippen LogP contribution in [0.3, 0.4) is 0 Å². The van der Waals surface area contributed by atoms with Gasteiger partial charge in [0.1, 0.15) is 0 Å². The highest BCUT2D eigenvalue weighted by Crippen LogP contribution is 2.35. The normalized spacial score (nSPS) is 17.9. The molecule has 0 bridgehead atoms. The molecular weight excluding hydrogens is 493 g/mol. The van der Waals surface area contributed by atoms with E-state index in [4.69, 9.17) is 10.5 Å². The van der Waals surface area contributed by atoms with E-state index in [0.717, 1.165) is 23.5 Å². The number of hydrogen-bond donors (Lipinski definition) is 3. The van der Waals surface area contributed by atoms with Crippen molar-refractivity contribution in [2.45, 2.75) is 38.3 Å². The molecule has 0 aliphatic heterocycles. The first-order valence-electron chi connectivity index (χ1n) is 10.1. The van der Waals surface area contributed by atoms with Gasteiger partial charge in [-0.1, -0.05) is 12.1 Å². The first-order valence-corrected chi connectivity index (χ1v) is 11.8. The van der Waals surface area contributed by atoms with Gasteiger partial charge in [-0.05, 0) is 30.5 Å². The predicted octanol–water partition coefficient (Wildman–Crippen LogP) is 3.81. The molecule has 4 rings (SSSR count). The Balaban J connectivity index is 1.26. The van der Waals surface area contributed by atoms with E-state index in [0.29, 0.717) is 34.1 Å². The number of aromatic nitrogens is 2. The summed E-state index contributed by atoms with van der Waals surface area (Å²) < 4.78 is 43.6. The summed E-state index contributed by atoms with van der Waals surface area (Å²) in [6.45, 7) is -0.212. The summed E-state index contributed by atoms with van der Waals surface area (Å²) in [6.07, 6.45) is -3.53. The molecule has 1 fully saturated rings. The standard InChI is InChI=1S/C21H19F3N4O4S2/c22-21(23,24)12-3-1-10(2-4-12)8-32-13-5-11(6-13)18(31)28-20-27-15(9-33-20)16-14(7-29)26-19(34-16)17(25)30/h1-4,9,11,13,29H,5-8H2,(H2,25,30)(H,27,28,31)/t11-,13+. The lowest BCUT2D eigenvalue weighted by molar-refractivity contribution is -0.137. The van der Waals surface area contributed by atoms with E-state index in [2.05, 4.69) is 15.3 Å². The van der Waals surface area contributed by atoms with Gasteiger partial charge in [0.25, 0.3) is 5.91 Å². The van der Waals surface area contributed by atoms with Crippen LogP contribution in [-0.2, 0) is 28.9 Å². The summed E-state index contributed by atoms with van der Waals surface area (Å²) in [5.74, 6) is -1.17. The number of nitrogens with one attached hydrogen (secondary N) is 1. The van der Waals surface area contributed by atoms with Crippen LogP contribution in [0.2, 0.25) is 0 Å². The van der Waals surface area contributed by atoms with Gasteiger partial charge in [0.2, 0.25) is 5.91 Å². The van der Waals surface area contributed by atoms with Crippen molar-refractivity contribution < 1.29 is 32.6 Å². The number of benzene rings is 1. The number of anilines is 1. The molecule has 0 radical (unpaired) electrons. The zero-order valence-corrected chi connectivity index (χ0v) is 19.1. The zero-order valence-electron chi connectivity index (χ0n) is 17.5. The smallest absolute Gasteiger partial charge is 0.390 e. The number of carbonyl (C=O) groups is 2. The molecule has 4 N–H and O–H groups in total. The van der Waals surface area contributed by atoms with Crippen LogP contribution < -0.4 is 11.1 Å². The minimum absolute atomic E-state index is 0.0643. The van der Waals surface area contributed by atoms with Crippen LogP contribution in [-0.4, -0.2) is 33.0 Å². The molecule has 34 heavy (non-hydrogen) atoms. The average Bonchev–Trinajstić information content (AvgIpc) is 3.39. The second-order valence-electron chi connectivity index (χ2n) is 7.64. The van der Waals surface area contributed by atoms with E-state index in [1.165, 1.54) is 23.5 Å². The van der Waals surface area contributed by atoms with Crippen LogP contribution in [0.25, 0.3) is 10.6 Å². The van der Waals surface area contributed by atoms with E-state index in [9.17, 15) is 27.9 Å². The molecule has 1 aromatic carbocycles. The Bertz CT molecular complexity index is 1190. The zero-order chi connectivity index (χ0) is 24.5. The lowest BCUT2D eigenvalue weighted by atomic mass is 9.81. The van der Waals surface area contributed by atoms with Gasteiger partial charge in [-0.3, -0.25) is 9.59 Å². The Hall–Kier alpha value is -2.87. The summed E-state index contributed by atoms with van der Waals surface area (Å²) in [6, 6.07) is 4.79. The van der Waals surface area contributed by atoms with Gasteiger partial charge in [-0.2, -0.15) is 13.2 Å². The van der Waals surface area contributed by atoms with Gasteiger partial charge in [-0.15, -0.1) is 22.7 Å². The molecule has 0 spiro atoms. The Labute approximate surface area is 199 Å². The third kappa shape index (κ3) is 5.43. The molecule has 1 saturated carbocycles. The van der Waals surface area contributed by atoms with Gasteiger partial charge < -0.3 is 20.9 Å². The lowest BCUT2D eigenvalue weighted by Crippen LogP contribution is -2.39. The molecule has 1 aliphatic rings. The van der Waals surface area contributed by atoms with Crippen LogP contribution in [0.5, 0.6) is 0 Å². The molecule has 2 amide bonds. The summed E-state index contributed by atoms with van der Waals surface area (Å²) >= 11 is 2.22. The van der Waals surface area contributed by atoms with Gasteiger partial charge >= 0.3 is 6.18 Å². The van der Waals surface area contributed by atoms with Crippen molar-refractivity contribution in [1.82, 2.24) is 9.97 Å². The molecule has 0 atom stereocenters. The minimum atomic E-state index is -4.37. The quantitative estimate of drug-likeness (QED) is 0.421. The minimum Gasteiger partial charge on any atom is -0.390 e. The Morgan fingerprint density at radius 3 is 2.53 bits per heavy atom. The fraction of sp³-hybridized carbons (Fsp3) is 0.333. The molecule has 2 aromatic heterocycles. The molecule has 180 valence electrons. The van der Waals surface area contributed by atoms with Gasteiger partial charge in [0.05, 0.1) is 41.1 Å². The van der Waals surface area contributed by atoms with Gasteiger partial charge in [0.15, 0.2) is 10.1 Å². The summed E-state index contributed by atoms with van der Waals surface area (Å²) in [5, 5.41) is 14.3.